The molecule has 1 aromatic heterocycles. The van der Waals surface area contributed by atoms with E-state index in [9.17, 15) is 0 Å². The van der Waals surface area contributed by atoms with Crippen LogP contribution in [0.3, 0.4) is 0 Å². The van der Waals surface area contributed by atoms with E-state index in [1.807, 2.05) is 30.3 Å². The molecule has 15 heavy (non-hydrogen) atoms. The van der Waals surface area contributed by atoms with Crippen molar-refractivity contribution in [3.05, 3.63) is 54.2 Å². The molecule has 0 radical (unpaired) electrons. The third-order valence-corrected chi connectivity index (χ3v) is 2.07. The van der Waals surface area contributed by atoms with Crippen molar-refractivity contribution in [3.8, 4) is 5.75 Å². The summed E-state index contributed by atoms with van der Waals surface area (Å²) in [5.41, 5.74) is 1.11. The van der Waals surface area contributed by atoms with Gasteiger partial charge in [-0.2, -0.15) is 0 Å². The molecule has 0 aliphatic heterocycles. The van der Waals surface area contributed by atoms with Crippen LogP contribution in [0.4, 0.5) is 5.82 Å². The predicted molar refractivity (Wildman–Crippen MR) is 59.7 cm³/mol. The number of rotatable bonds is 3. The number of anilines is 1. The van der Waals surface area contributed by atoms with Gasteiger partial charge in [0.2, 0.25) is 0 Å². The van der Waals surface area contributed by atoms with E-state index in [1.165, 1.54) is 0 Å². The molecule has 0 aliphatic rings. The molecule has 0 saturated heterocycles. The fraction of sp³-hybridized carbons (Fsp3) is 0.0833. The van der Waals surface area contributed by atoms with E-state index in [0.717, 1.165) is 11.4 Å². The molecule has 0 saturated carbocycles. The average molecular weight is 200 g/mol. The van der Waals surface area contributed by atoms with Crippen molar-refractivity contribution < 1.29 is 5.11 Å². The molecule has 1 heterocycles. The molecule has 3 heteroatoms. The van der Waals surface area contributed by atoms with Crippen LogP contribution in [0.15, 0.2) is 48.7 Å². The number of hydrogen-bond acceptors (Lipinski definition) is 3. The van der Waals surface area contributed by atoms with Gasteiger partial charge in [-0.15, -0.1) is 0 Å². The molecule has 0 unspecified atom stereocenters. The largest absolute Gasteiger partial charge is 0.508 e. The van der Waals surface area contributed by atoms with Gasteiger partial charge in [-0.3, -0.25) is 0 Å². The molecule has 0 spiro atoms. The molecular weight excluding hydrogens is 188 g/mol. The van der Waals surface area contributed by atoms with Crippen molar-refractivity contribution >= 4 is 5.82 Å². The van der Waals surface area contributed by atoms with E-state index < -0.39 is 0 Å². The first-order valence-electron chi connectivity index (χ1n) is 4.77. The van der Waals surface area contributed by atoms with Gasteiger partial charge in [0.15, 0.2) is 0 Å². The van der Waals surface area contributed by atoms with Crippen LogP contribution in [0.1, 0.15) is 5.56 Å². The standard InChI is InChI=1S/C12H12N2O/c15-11-6-4-10(5-7-11)9-14-12-3-1-2-8-13-12/h1-8,15H,9H2,(H,13,14). The van der Waals surface area contributed by atoms with Gasteiger partial charge in [0, 0.05) is 12.7 Å². The minimum atomic E-state index is 0.289. The van der Waals surface area contributed by atoms with Crippen LogP contribution in [0.5, 0.6) is 5.75 Å². The lowest BCUT2D eigenvalue weighted by Gasteiger charge is -2.04. The first-order valence-corrected chi connectivity index (χ1v) is 4.77. The van der Waals surface area contributed by atoms with E-state index in [2.05, 4.69) is 10.3 Å². The first kappa shape index (κ1) is 9.52. The monoisotopic (exact) mass is 200 g/mol. The summed E-state index contributed by atoms with van der Waals surface area (Å²) in [7, 11) is 0. The van der Waals surface area contributed by atoms with Crippen LogP contribution in [-0.2, 0) is 6.54 Å². The maximum Gasteiger partial charge on any atom is 0.126 e. The van der Waals surface area contributed by atoms with Crippen molar-refractivity contribution in [3.63, 3.8) is 0 Å². The molecule has 0 atom stereocenters. The van der Waals surface area contributed by atoms with Crippen LogP contribution in [0.2, 0.25) is 0 Å². The maximum atomic E-state index is 9.11. The van der Waals surface area contributed by atoms with Gasteiger partial charge in [0.25, 0.3) is 0 Å². The molecule has 76 valence electrons. The van der Waals surface area contributed by atoms with Gasteiger partial charge in [-0.05, 0) is 29.8 Å². The highest BCUT2D eigenvalue weighted by atomic mass is 16.3. The Balaban J connectivity index is 1.96. The van der Waals surface area contributed by atoms with E-state index in [-0.39, 0.29) is 5.75 Å². The Hall–Kier alpha value is -2.03. The highest BCUT2D eigenvalue weighted by Crippen LogP contribution is 2.10. The summed E-state index contributed by atoms with van der Waals surface area (Å²) in [4.78, 5) is 4.15. The zero-order chi connectivity index (χ0) is 10.5. The zero-order valence-corrected chi connectivity index (χ0v) is 8.22. The SMILES string of the molecule is Oc1ccc(CNc2ccccn2)cc1. The molecule has 0 aliphatic carbocycles. The van der Waals surface area contributed by atoms with Gasteiger partial charge in [-0.1, -0.05) is 18.2 Å². The van der Waals surface area contributed by atoms with Crippen molar-refractivity contribution in [1.82, 2.24) is 4.98 Å². The van der Waals surface area contributed by atoms with Crippen molar-refractivity contribution in [2.24, 2.45) is 0 Å². The summed E-state index contributed by atoms with van der Waals surface area (Å²) >= 11 is 0. The number of nitrogens with zero attached hydrogens (tertiary/aromatic N) is 1. The lowest BCUT2D eigenvalue weighted by molar-refractivity contribution is 0.475. The number of pyridine rings is 1. The molecule has 0 bridgehead atoms. The summed E-state index contributed by atoms with van der Waals surface area (Å²) in [5, 5.41) is 12.3. The minimum absolute atomic E-state index is 0.289. The van der Waals surface area contributed by atoms with Gasteiger partial charge >= 0.3 is 0 Å². The van der Waals surface area contributed by atoms with Crippen LogP contribution >= 0.6 is 0 Å². The third kappa shape index (κ3) is 2.71. The predicted octanol–water partition coefficient (Wildman–Crippen LogP) is 2.40. The highest BCUT2D eigenvalue weighted by Gasteiger charge is 1.94. The van der Waals surface area contributed by atoms with E-state index in [4.69, 9.17) is 5.11 Å². The normalized spacial score (nSPS) is 9.87. The van der Waals surface area contributed by atoms with E-state index in [0.29, 0.717) is 6.54 Å². The Morgan fingerprint density at radius 1 is 1.07 bits per heavy atom. The quantitative estimate of drug-likeness (QED) is 0.799. The summed E-state index contributed by atoms with van der Waals surface area (Å²) in [6.07, 6.45) is 1.75. The molecule has 2 N–H and O–H groups in total. The van der Waals surface area contributed by atoms with Crippen LogP contribution in [0, 0.1) is 0 Å². The lowest BCUT2D eigenvalue weighted by atomic mass is 10.2. The van der Waals surface area contributed by atoms with Gasteiger partial charge in [0.1, 0.15) is 11.6 Å². The van der Waals surface area contributed by atoms with E-state index in [1.54, 1.807) is 18.3 Å². The Morgan fingerprint density at radius 2 is 1.87 bits per heavy atom. The van der Waals surface area contributed by atoms with E-state index >= 15 is 0 Å². The zero-order valence-electron chi connectivity index (χ0n) is 8.22. The number of phenolic OH excluding ortho intramolecular Hbond substituents is 1. The summed E-state index contributed by atoms with van der Waals surface area (Å²) < 4.78 is 0. The second-order valence-electron chi connectivity index (χ2n) is 3.23. The molecule has 0 fully saturated rings. The lowest BCUT2D eigenvalue weighted by Crippen LogP contribution is -2.00. The topological polar surface area (TPSA) is 45.1 Å². The smallest absolute Gasteiger partial charge is 0.126 e. The Morgan fingerprint density at radius 3 is 2.53 bits per heavy atom. The molecular formula is C12H12N2O. The maximum absolute atomic E-state index is 9.11. The van der Waals surface area contributed by atoms with Crippen molar-refractivity contribution in [2.45, 2.75) is 6.54 Å². The van der Waals surface area contributed by atoms with Gasteiger partial charge in [0.05, 0.1) is 0 Å². The fourth-order valence-corrected chi connectivity index (χ4v) is 1.27. The number of aromatic nitrogens is 1. The fourth-order valence-electron chi connectivity index (χ4n) is 1.27. The van der Waals surface area contributed by atoms with Gasteiger partial charge in [-0.25, -0.2) is 4.98 Å². The molecule has 0 amide bonds. The van der Waals surface area contributed by atoms with Crippen LogP contribution in [-0.4, -0.2) is 10.1 Å². The van der Waals surface area contributed by atoms with Crippen molar-refractivity contribution in [1.29, 1.82) is 0 Å². The second-order valence-corrected chi connectivity index (χ2v) is 3.23. The average Bonchev–Trinajstić information content (AvgIpc) is 2.30. The van der Waals surface area contributed by atoms with Crippen LogP contribution in [0.25, 0.3) is 0 Å². The first-order chi connectivity index (χ1) is 7.34. The summed E-state index contributed by atoms with van der Waals surface area (Å²) in [6, 6.07) is 12.8. The molecule has 2 aromatic rings. The van der Waals surface area contributed by atoms with Crippen molar-refractivity contribution in [2.75, 3.05) is 5.32 Å². The Labute approximate surface area is 88.4 Å². The number of hydrogen-bond donors (Lipinski definition) is 2. The number of phenols is 1. The number of benzene rings is 1. The third-order valence-electron chi connectivity index (χ3n) is 2.07. The Bertz CT molecular complexity index is 411. The highest BCUT2D eigenvalue weighted by molar-refractivity contribution is 5.35. The summed E-state index contributed by atoms with van der Waals surface area (Å²) in [6.45, 7) is 0.706. The molecule has 1 aromatic carbocycles. The second kappa shape index (κ2) is 4.46. The van der Waals surface area contributed by atoms with Gasteiger partial charge < -0.3 is 10.4 Å². The molecule has 3 nitrogen and oxygen atoms in total. The van der Waals surface area contributed by atoms with Crippen LogP contribution < -0.4 is 5.32 Å². The minimum Gasteiger partial charge on any atom is -0.508 e. The number of aromatic hydroxyl groups is 1. The Kier molecular flexibility index (Phi) is 2.83. The number of nitrogens with one attached hydrogen (secondary N) is 1. The molecule has 2 rings (SSSR count). The summed E-state index contributed by atoms with van der Waals surface area (Å²) in [5.74, 6) is 1.14.